The van der Waals surface area contributed by atoms with E-state index in [0.29, 0.717) is 16.9 Å². The van der Waals surface area contributed by atoms with Crippen molar-refractivity contribution in [1.82, 2.24) is 20.3 Å². The van der Waals surface area contributed by atoms with Gasteiger partial charge in [0.2, 0.25) is 5.88 Å². The Kier molecular flexibility index (Phi) is 5.54. The van der Waals surface area contributed by atoms with Crippen molar-refractivity contribution in [3.63, 3.8) is 0 Å². The highest BCUT2D eigenvalue weighted by Gasteiger charge is 2.19. The topological polar surface area (TPSA) is 81.2 Å². The van der Waals surface area contributed by atoms with Crippen LogP contribution in [0.25, 0.3) is 11.0 Å². The molecular weight excluding hydrogens is 411 g/mol. The second-order valence-corrected chi connectivity index (χ2v) is 6.59. The lowest BCUT2D eigenvalue weighted by atomic mass is 10.2. The summed E-state index contributed by atoms with van der Waals surface area (Å²) in [5.41, 5.74) is 0.799. The third kappa shape index (κ3) is 4.28. The van der Waals surface area contributed by atoms with Crippen molar-refractivity contribution in [2.24, 2.45) is 0 Å². The number of aromatic nitrogens is 3. The molecule has 0 aliphatic carbocycles. The monoisotopic (exact) mass is 425 g/mol. The molecule has 0 bridgehead atoms. The Labute approximate surface area is 168 Å². The van der Waals surface area contributed by atoms with E-state index in [-0.39, 0.29) is 17.6 Å². The fourth-order valence-electron chi connectivity index (χ4n) is 2.92. The van der Waals surface area contributed by atoms with Crippen LogP contribution in [-0.2, 0) is 0 Å². The maximum Gasteiger partial charge on any atom is 0.387 e. The number of hydrogen-bond donors (Lipinski definition) is 2. The van der Waals surface area contributed by atoms with Crippen LogP contribution in [0.5, 0.6) is 11.6 Å². The van der Waals surface area contributed by atoms with Crippen LogP contribution in [0.4, 0.5) is 24.7 Å². The van der Waals surface area contributed by atoms with Crippen LogP contribution in [0.15, 0.2) is 30.6 Å². The molecule has 1 atom stereocenters. The zero-order chi connectivity index (χ0) is 20.4. The highest BCUT2D eigenvalue weighted by Crippen LogP contribution is 2.35. The molecule has 1 aliphatic rings. The average Bonchev–Trinajstić information content (AvgIpc) is 3.21. The summed E-state index contributed by atoms with van der Waals surface area (Å²) in [4.78, 5) is 12.7. The minimum atomic E-state index is -3.12. The fourth-order valence-corrected chi connectivity index (χ4v) is 3.13. The van der Waals surface area contributed by atoms with Gasteiger partial charge in [-0.2, -0.15) is 8.78 Å². The van der Waals surface area contributed by atoms with Crippen LogP contribution in [0.3, 0.4) is 0 Å². The molecule has 7 nitrogen and oxygen atoms in total. The number of benzene rings is 1. The number of alkyl halides is 2. The Hall–Kier alpha value is -2.85. The molecule has 152 valence electrons. The molecular formula is C18H15ClF3N5O2. The van der Waals surface area contributed by atoms with Crippen molar-refractivity contribution >= 4 is 34.1 Å². The number of fused-ring (bicyclic) bond motifs is 1. The van der Waals surface area contributed by atoms with Gasteiger partial charge in [-0.3, -0.25) is 0 Å². The Morgan fingerprint density at radius 1 is 1.21 bits per heavy atom. The van der Waals surface area contributed by atoms with Crippen LogP contribution >= 0.6 is 11.6 Å². The first kappa shape index (κ1) is 19.5. The van der Waals surface area contributed by atoms with Gasteiger partial charge in [-0.05, 0) is 31.2 Å². The standard InChI is InChI=1S/C18H15ClF3N5O2/c19-14-12(29-18(21)22)3-1-10(15(14)20)26-17-16-11(24-8-25-17)2-4-13(27-16)28-9-5-6-23-7-9/h1-4,8-9,18,23H,5-7H2,(H,24,25,26)/t9-/m0/s1. The number of anilines is 2. The largest absolute Gasteiger partial charge is 0.473 e. The lowest BCUT2D eigenvalue weighted by Crippen LogP contribution is -2.20. The maximum atomic E-state index is 14.5. The van der Waals surface area contributed by atoms with Crippen LogP contribution in [0, 0.1) is 5.82 Å². The molecule has 0 unspecified atom stereocenters. The zero-order valence-electron chi connectivity index (χ0n) is 14.8. The number of pyridine rings is 1. The molecule has 2 N–H and O–H groups in total. The van der Waals surface area contributed by atoms with E-state index in [1.165, 1.54) is 12.4 Å². The lowest BCUT2D eigenvalue weighted by Gasteiger charge is -2.14. The van der Waals surface area contributed by atoms with Gasteiger partial charge in [-0.25, -0.2) is 19.3 Å². The second kappa shape index (κ2) is 8.26. The van der Waals surface area contributed by atoms with Crippen LogP contribution < -0.4 is 20.1 Å². The number of ether oxygens (including phenoxy) is 2. The van der Waals surface area contributed by atoms with Gasteiger partial charge in [0.25, 0.3) is 0 Å². The number of rotatable bonds is 6. The summed E-state index contributed by atoms with van der Waals surface area (Å²) >= 11 is 5.80. The molecule has 4 rings (SSSR count). The van der Waals surface area contributed by atoms with E-state index in [1.807, 2.05) is 0 Å². The normalized spacial score (nSPS) is 16.4. The highest BCUT2D eigenvalue weighted by atomic mass is 35.5. The molecule has 3 heterocycles. The molecule has 0 saturated carbocycles. The Morgan fingerprint density at radius 3 is 2.83 bits per heavy atom. The predicted octanol–water partition coefficient (Wildman–Crippen LogP) is 3.90. The summed E-state index contributed by atoms with van der Waals surface area (Å²) in [6.07, 6.45) is 2.17. The van der Waals surface area contributed by atoms with E-state index < -0.39 is 23.2 Å². The van der Waals surface area contributed by atoms with Gasteiger partial charge in [0, 0.05) is 12.6 Å². The third-order valence-electron chi connectivity index (χ3n) is 4.27. The van der Waals surface area contributed by atoms with Crippen molar-refractivity contribution in [2.75, 3.05) is 18.4 Å². The third-order valence-corrected chi connectivity index (χ3v) is 4.63. The van der Waals surface area contributed by atoms with E-state index in [4.69, 9.17) is 16.3 Å². The second-order valence-electron chi connectivity index (χ2n) is 6.21. The van der Waals surface area contributed by atoms with Gasteiger partial charge in [-0.1, -0.05) is 11.6 Å². The van der Waals surface area contributed by atoms with Crippen molar-refractivity contribution in [3.05, 3.63) is 41.4 Å². The molecule has 0 spiro atoms. The molecule has 1 saturated heterocycles. The van der Waals surface area contributed by atoms with E-state index in [0.717, 1.165) is 25.6 Å². The van der Waals surface area contributed by atoms with Gasteiger partial charge in [0.1, 0.15) is 28.7 Å². The van der Waals surface area contributed by atoms with Crippen molar-refractivity contribution in [1.29, 1.82) is 0 Å². The van der Waals surface area contributed by atoms with Crippen LogP contribution in [0.2, 0.25) is 5.02 Å². The smallest absolute Gasteiger partial charge is 0.387 e. The molecule has 2 aromatic heterocycles. The van der Waals surface area contributed by atoms with Crippen molar-refractivity contribution in [3.8, 4) is 11.6 Å². The number of hydrogen-bond acceptors (Lipinski definition) is 7. The summed E-state index contributed by atoms with van der Waals surface area (Å²) in [5, 5.41) is 5.40. The molecule has 0 radical (unpaired) electrons. The lowest BCUT2D eigenvalue weighted by molar-refractivity contribution is -0.0499. The molecule has 0 amide bonds. The summed E-state index contributed by atoms with van der Waals surface area (Å²) in [5.74, 6) is -0.817. The minimum absolute atomic E-state index is 0.0135. The van der Waals surface area contributed by atoms with E-state index in [2.05, 4.69) is 30.3 Å². The summed E-state index contributed by atoms with van der Waals surface area (Å²) in [6, 6.07) is 5.77. The highest BCUT2D eigenvalue weighted by molar-refractivity contribution is 6.32. The van der Waals surface area contributed by atoms with Gasteiger partial charge in [-0.15, -0.1) is 0 Å². The van der Waals surface area contributed by atoms with Gasteiger partial charge >= 0.3 is 6.61 Å². The molecule has 29 heavy (non-hydrogen) atoms. The SMILES string of the molecule is Fc1c(Nc2ncnc3ccc(O[C@H]4CCNC4)nc23)ccc(OC(F)F)c1Cl. The molecule has 3 aromatic rings. The number of nitrogens with zero attached hydrogens (tertiary/aromatic N) is 3. The molecule has 1 aliphatic heterocycles. The summed E-state index contributed by atoms with van der Waals surface area (Å²) < 4.78 is 49.3. The number of halogens is 4. The maximum absolute atomic E-state index is 14.5. The van der Waals surface area contributed by atoms with Crippen LogP contribution in [-0.4, -0.2) is 40.8 Å². The van der Waals surface area contributed by atoms with Gasteiger partial charge in [0.05, 0.1) is 11.2 Å². The first-order valence-electron chi connectivity index (χ1n) is 8.70. The number of nitrogens with one attached hydrogen (secondary N) is 2. The van der Waals surface area contributed by atoms with E-state index in [9.17, 15) is 13.2 Å². The summed E-state index contributed by atoms with van der Waals surface area (Å²) in [6.45, 7) is -1.51. The summed E-state index contributed by atoms with van der Waals surface area (Å²) in [7, 11) is 0. The molecule has 1 fully saturated rings. The first-order valence-corrected chi connectivity index (χ1v) is 9.08. The van der Waals surface area contributed by atoms with E-state index in [1.54, 1.807) is 12.1 Å². The quantitative estimate of drug-likeness (QED) is 0.619. The Morgan fingerprint density at radius 2 is 2.07 bits per heavy atom. The van der Waals surface area contributed by atoms with E-state index >= 15 is 0 Å². The zero-order valence-corrected chi connectivity index (χ0v) is 15.6. The fraction of sp³-hybridized carbons (Fsp3) is 0.278. The Bertz CT molecular complexity index is 1030. The van der Waals surface area contributed by atoms with Gasteiger partial charge < -0.3 is 20.1 Å². The molecule has 1 aromatic carbocycles. The first-order chi connectivity index (χ1) is 14.0. The van der Waals surface area contributed by atoms with Gasteiger partial charge in [0.15, 0.2) is 11.6 Å². The Balaban J connectivity index is 1.64. The van der Waals surface area contributed by atoms with Crippen LogP contribution in [0.1, 0.15) is 6.42 Å². The molecule has 11 heteroatoms. The average molecular weight is 426 g/mol. The minimum Gasteiger partial charge on any atom is -0.473 e. The predicted molar refractivity (Wildman–Crippen MR) is 101 cm³/mol. The van der Waals surface area contributed by atoms with Crippen molar-refractivity contribution in [2.45, 2.75) is 19.1 Å². The van der Waals surface area contributed by atoms with Crippen molar-refractivity contribution < 1.29 is 22.6 Å².